The molecule has 1 aliphatic rings. The number of methoxy groups -OCH3 is 3. The Morgan fingerprint density at radius 1 is 0.882 bits per heavy atom. The van der Waals surface area contributed by atoms with Gasteiger partial charge in [-0.25, -0.2) is 4.79 Å². The number of halogens is 1. The molecule has 0 atom stereocenters. The summed E-state index contributed by atoms with van der Waals surface area (Å²) >= 11 is 5.95. The third-order valence-electron chi connectivity index (χ3n) is 5.60. The van der Waals surface area contributed by atoms with Crippen LogP contribution in [0.3, 0.4) is 0 Å². The minimum Gasteiger partial charge on any atom is -0.493 e. The fourth-order valence-corrected chi connectivity index (χ4v) is 3.89. The van der Waals surface area contributed by atoms with Crippen LogP contribution in [0.25, 0.3) is 11.3 Å². The highest BCUT2D eigenvalue weighted by Crippen LogP contribution is 2.40. The molecular formula is C24H26ClN5O4. The second kappa shape index (κ2) is 10.5. The second-order valence-electron chi connectivity index (χ2n) is 7.60. The molecular weight excluding hydrogens is 458 g/mol. The van der Waals surface area contributed by atoms with Gasteiger partial charge in [-0.3, -0.25) is 0 Å². The molecule has 0 unspecified atom stereocenters. The SMILES string of the molecule is COc1cc(NC(=O)N2CCN(c3ccc(-c4ccc(Cl)cc4)nn3)CC2)cc(OC)c1OC. The number of hydrogen-bond acceptors (Lipinski definition) is 7. The van der Waals surface area contributed by atoms with Gasteiger partial charge in [-0.15, -0.1) is 10.2 Å². The summed E-state index contributed by atoms with van der Waals surface area (Å²) in [5.74, 6) is 2.20. The van der Waals surface area contributed by atoms with Crippen LogP contribution in [0.1, 0.15) is 0 Å². The van der Waals surface area contributed by atoms with E-state index in [1.54, 1.807) is 17.0 Å². The van der Waals surface area contributed by atoms with Gasteiger partial charge in [0.05, 0.1) is 32.7 Å². The van der Waals surface area contributed by atoms with E-state index in [4.69, 9.17) is 25.8 Å². The van der Waals surface area contributed by atoms with E-state index < -0.39 is 0 Å². The van der Waals surface area contributed by atoms with Crippen LogP contribution >= 0.6 is 11.6 Å². The topological polar surface area (TPSA) is 89.1 Å². The normalized spacial score (nSPS) is 13.4. The predicted molar refractivity (Wildman–Crippen MR) is 131 cm³/mol. The summed E-state index contributed by atoms with van der Waals surface area (Å²) in [6.07, 6.45) is 0. The van der Waals surface area contributed by atoms with Crippen LogP contribution in [-0.2, 0) is 0 Å². The zero-order chi connectivity index (χ0) is 24.1. The first-order valence-electron chi connectivity index (χ1n) is 10.7. The first kappa shape index (κ1) is 23.4. The number of benzene rings is 2. The Morgan fingerprint density at radius 2 is 1.53 bits per heavy atom. The lowest BCUT2D eigenvalue weighted by atomic mass is 10.1. The molecule has 4 rings (SSSR count). The van der Waals surface area contributed by atoms with Crippen molar-refractivity contribution in [2.24, 2.45) is 0 Å². The van der Waals surface area contributed by atoms with Crippen molar-refractivity contribution in [3.63, 3.8) is 0 Å². The van der Waals surface area contributed by atoms with Crippen molar-refractivity contribution < 1.29 is 19.0 Å². The van der Waals surface area contributed by atoms with E-state index in [0.29, 0.717) is 54.1 Å². The monoisotopic (exact) mass is 483 g/mol. The van der Waals surface area contributed by atoms with E-state index in [1.807, 2.05) is 36.4 Å². The number of ether oxygens (including phenoxy) is 3. The van der Waals surface area contributed by atoms with E-state index in [0.717, 1.165) is 17.1 Å². The van der Waals surface area contributed by atoms with E-state index >= 15 is 0 Å². The number of piperazine rings is 1. The van der Waals surface area contributed by atoms with Gasteiger partial charge in [0.25, 0.3) is 0 Å². The minimum absolute atomic E-state index is 0.196. The average molecular weight is 484 g/mol. The third-order valence-corrected chi connectivity index (χ3v) is 5.85. The van der Waals surface area contributed by atoms with Crippen molar-refractivity contribution in [1.82, 2.24) is 15.1 Å². The van der Waals surface area contributed by atoms with Crippen LogP contribution < -0.4 is 24.4 Å². The Kier molecular flexibility index (Phi) is 7.22. The molecule has 1 fully saturated rings. The van der Waals surface area contributed by atoms with Gasteiger partial charge in [-0.1, -0.05) is 23.7 Å². The van der Waals surface area contributed by atoms with Gasteiger partial charge in [0.15, 0.2) is 17.3 Å². The molecule has 10 heteroatoms. The first-order valence-corrected chi connectivity index (χ1v) is 11.1. The maximum absolute atomic E-state index is 12.8. The quantitative estimate of drug-likeness (QED) is 0.562. The van der Waals surface area contributed by atoms with Crippen LogP contribution in [0, 0.1) is 0 Å². The molecule has 1 aliphatic heterocycles. The summed E-state index contributed by atoms with van der Waals surface area (Å²) in [6.45, 7) is 2.41. The molecule has 34 heavy (non-hydrogen) atoms. The van der Waals surface area contributed by atoms with Gasteiger partial charge >= 0.3 is 6.03 Å². The number of hydrogen-bond donors (Lipinski definition) is 1. The zero-order valence-electron chi connectivity index (χ0n) is 19.2. The summed E-state index contributed by atoms with van der Waals surface area (Å²) in [7, 11) is 4.60. The summed E-state index contributed by atoms with van der Waals surface area (Å²) in [5, 5.41) is 12.3. The zero-order valence-corrected chi connectivity index (χ0v) is 20.0. The first-order chi connectivity index (χ1) is 16.5. The number of anilines is 2. The van der Waals surface area contributed by atoms with E-state index in [-0.39, 0.29) is 6.03 Å². The molecule has 0 spiro atoms. The Labute approximate surface area is 203 Å². The van der Waals surface area contributed by atoms with Gasteiger partial charge in [-0.05, 0) is 24.3 Å². The Morgan fingerprint density at radius 3 is 2.06 bits per heavy atom. The Hall–Kier alpha value is -3.72. The van der Waals surface area contributed by atoms with E-state index in [1.165, 1.54) is 21.3 Å². The molecule has 1 N–H and O–H groups in total. The van der Waals surface area contributed by atoms with Crippen LogP contribution in [0.2, 0.25) is 5.02 Å². The van der Waals surface area contributed by atoms with Gasteiger partial charge in [0.1, 0.15) is 0 Å². The van der Waals surface area contributed by atoms with Crippen molar-refractivity contribution >= 4 is 29.1 Å². The number of aromatic nitrogens is 2. The average Bonchev–Trinajstić information content (AvgIpc) is 2.88. The number of nitrogens with one attached hydrogen (secondary N) is 1. The molecule has 0 aliphatic carbocycles. The Balaban J connectivity index is 1.36. The van der Waals surface area contributed by atoms with Gasteiger partial charge < -0.3 is 29.3 Å². The van der Waals surface area contributed by atoms with Gasteiger partial charge in [-0.2, -0.15) is 0 Å². The van der Waals surface area contributed by atoms with E-state index in [2.05, 4.69) is 20.4 Å². The smallest absolute Gasteiger partial charge is 0.321 e. The molecule has 2 heterocycles. The summed E-state index contributed by atoms with van der Waals surface area (Å²) < 4.78 is 16.0. The number of rotatable bonds is 6. The van der Waals surface area contributed by atoms with E-state index in [9.17, 15) is 4.79 Å². The van der Waals surface area contributed by atoms with Gasteiger partial charge in [0.2, 0.25) is 5.75 Å². The molecule has 178 valence electrons. The number of amides is 2. The Bertz CT molecular complexity index is 1110. The van der Waals surface area contributed by atoms with Crippen LogP contribution in [0.4, 0.5) is 16.3 Å². The summed E-state index contributed by atoms with van der Waals surface area (Å²) in [5.41, 5.74) is 2.30. The lowest BCUT2D eigenvalue weighted by Crippen LogP contribution is -2.50. The van der Waals surface area contributed by atoms with Gasteiger partial charge in [0, 0.05) is 48.9 Å². The maximum Gasteiger partial charge on any atom is 0.321 e. The maximum atomic E-state index is 12.8. The van der Waals surface area contributed by atoms with Crippen molar-refractivity contribution in [2.75, 3.05) is 57.7 Å². The fourth-order valence-electron chi connectivity index (χ4n) is 3.76. The highest BCUT2D eigenvalue weighted by Gasteiger charge is 2.23. The number of carbonyl (C=O) groups is 1. The third kappa shape index (κ3) is 5.09. The summed E-state index contributed by atoms with van der Waals surface area (Å²) in [4.78, 5) is 16.7. The second-order valence-corrected chi connectivity index (χ2v) is 8.04. The largest absolute Gasteiger partial charge is 0.493 e. The lowest BCUT2D eigenvalue weighted by molar-refractivity contribution is 0.208. The molecule has 1 aromatic heterocycles. The number of carbonyl (C=O) groups excluding carboxylic acids is 1. The standard InChI is InChI=1S/C24H26ClN5O4/c1-32-20-14-18(15-21(33-2)23(20)34-3)26-24(31)30-12-10-29(11-13-30)22-9-8-19(27-28-22)16-4-6-17(25)7-5-16/h4-9,14-15H,10-13H2,1-3H3,(H,26,31). The molecule has 1 saturated heterocycles. The molecule has 3 aromatic rings. The van der Waals surface area contributed by atoms with Crippen molar-refractivity contribution in [1.29, 1.82) is 0 Å². The van der Waals surface area contributed by atoms with Crippen LogP contribution in [-0.4, -0.2) is 68.6 Å². The molecule has 0 bridgehead atoms. The molecule has 9 nitrogen and oxygen atoms in total. The predicted octanol–water partition coefficient (Wildman–Crippen LogP) is 4.18. The molecule has 0 saturated carbocycles. The highest BCUT2D eigenvalue weighted by molar-refractivity contribution is 6.30. The van der Waals surface area contributed by atoms with Crippen molar-refractivity contribution in [3.8, 4) is 28.5 Å². The summed E-state index contributed by atoms with van der Waals surface area (Å²) in [6, 6.07) is 14.6. The molecule has 2 aromatic carbocycles. The molecule has 2 amide bonds. The van der Waals surface area contributed by atoms with Crippen molar-refractivity contribution in [3.05, 3.63) is 53.6 Å². The van der Waals surface area contributed by atoms with Crippen LogP contribution in [0.15, 0.2) is 48.5 Å². The number of urea groups is 1. The van der Waals surface area contributed by atoms with Crippen LogP contribution in [0.5, 0.6) is 17.2 Å². The highest BCUT2D eigenvalue weighted by atomic mass is 35.5. The fraction of sp³-hybridized carbons (Fsp3) is 0.292. The van der Waals surface area contributed by atoms with Crippen molar-refractivity contribution in [2.45, 2.75) is 0 Å². The number of nitrogens with zero attached hydrogens (tertiary/aromatic N) is 4. The minimum atomic E-state index is -0.196. The molecule has 0 radical (unpaired) electrons. The lowest BCUT2D eigenvalue weighted by Gasteiger charge is -2.35.